The number of carbonyl (C=O) groups is 1. The van der Waals surface area contributed by atoms with Crippen LogP contribution in [0.3, 0.4) is 0 Å². The van der Waals surface area contributed by atoms with Gasteiger partial charge in [0.25, 0.3) is 5.91 Å². The molecule has 1 aliphatic rings. The van der Waals surface area contributed by atoms with Crippen molar-refractivity contribution < 1.29 is 9.53 Å². The van der Waals surface area contributed by atoms with Crippen molar-refractivity contribution >= 4 is 11.7 Å². The SMILES string of the molecule is CC(C)(C)c1cc(NC(=O)c2ccc3c(c2)COC3)n(Cc2ccccc2)n1. The lowest BCUT2D eigenvalue weighted by Gasteiger charge is -2.14. The van der Waals surface area contributed by atoms with Crippen LogP contribution >= 0.6 is 0 Å². The summed E-state index contributed by atoms with van der Waals surface area (Å²) in [5, 5.41) is 7.81. The second-order valence-corrected chi connectivity index (χ2v) is 8.24. The summed E-state index contributed by atoms with van der Waals surface area (Å²) in [5.74, 6) is 0.569. The zero-order valence-electron chi connectivity index (χ0n) is 16.5. The number of fused-ring (bicyclic) bond motifs is 1. The molecule has 0 fully saturated rings. The number of rotatable bonds is 4. The van der Waals surface area contributed by atoms with Gasteiger partial charge in [0.2, 0.25) is 0 Å². The van der Waals surface area contributed by atoms with E-state index in [2.05, 4.69) is 38.2 Å². The second-order valence-electron chi connectivity index (χ2n) is 8.24. The van der Waals surface area contributed by atoms with Crippen LogP contribution in [0.15, 0.2) is 54.6 Å². The Labute approximate surface area is 165 Å². The van der Waals surface area contributed by atoms with Crippen molar-refractivity contribution in [3.05, 3.63) is 82.5 Å². The molecule has 0 atom stereocenters. The van der Waals surface area contributed by atoms with Crippen molar-refractivity contribution in [1.82, 2.24) is 9.78 Å². The Morgan fingerprint density at radius 2 is 1.82 bits per heavy atom. The zero-order chi connectivity index (χ0) is 19.7. The quantitative estimate of drug-likeness (QED) is 0.730. The number of carbonyl (C=O) groups excluding carboxylic acids is 1. The third-order valence-corrected chi connectivity index (χ3v) is 4.95. The minimum Gasteiger partial charge on any atom is -0.372 e. The summed E-state index contributed by atoms with van der Waals surface area (Å²) < 4.78 is 7.31. The van der Waals surface area contributed by atoms with Crippen molar-refractivity contribution in [2.75, 3.05) is 5.32 Å². The van der Waals surface area contributed by atoms with Gasteiger partial charge in [-0.3, -0.25) is 4.79 Å². The topological polar surface area (TPSA) is 56.1 Å². The number of benzene rings is 2. The number of hydrogen-bond donors (Lipinski definition) is 1. The number of anilines is 1. The molecule has 5 heteroatoms. The van der Waals surface area contributed by atoms with Gasteiger partial charge in [0, 0.05) is 17.0 Å². The van der Waals surface area contributed by atoms with Crippen molar-refractivity contribution in [3.8, 4) is 0 Å². The Morgan fingerprint density at radius 3 is 2.57 bits per heavy atom. The lowest BCUT2D eigenvalue weighted by Crippen LogP contribution is -2.16. The van der Waals surface area contributed by atoms with Gasteiger partial charge in [-0.25, -0.2) is 4.68 Å². The molecule has 0 spiro atoms. The summed E-state index contributed by atoms with van der Waals surface area (Å²) in [7, 11) is 0. The molecule has 2 aromatic carbocycles. The number of nitrogens with one attached hydrogen (secondary N) is 1. The first-order valence-corrected chi connectivity index (χ1v) is 9.53. The summed E-state index contributed by atoms with van der Waals surface area (Å²) in [4.78, 5) is 12.9. The molecule has 1 aliphatic heterocycles. The molecule has 3 aromatic rings. The van der Waals surface area contributed by atoms with Gasteiger partial charge in [-0.15, -0.1) is 0 Å². The van der Waals surface area contributed by atoms with Crippen LogP contribution in [-0.2, 0) is 29.9 Å². The van der Waals surface area contributed by atoms with Crippen molar-refractivity contribution in [3.63, 3.8) is 0 Å². The minimum atomic E-state index is -0.135. The first kappa shape index (κ1) is 18.4. The highest BCUT2D eigenvalue weighted by atomic mass is 16.5. The van der Waals surface area contributed by atoms with E-state index in [0.29, 0.717) is 31.1 Å². The molecule has 0 bridgehead atoms. The van der Waals surface area contributed by atoms with E-state index in [1.807, 2.05) is 47.1 Å². The maximum atomic E-state index is 12.9. The average molecular weight is 375 g/mol. The zero-order valence-corrected chi connectivity index (χ0v) is 16.5. The van der Waals surface area contributed by atoms with Crippen LogP contribution in [0, 0.1) is 0 Å². The fourth-order valence-electron chi connectivity index (χ4n) is 3.26. The van der Waals surface area contributed by atoms with Crippen LogP contribution in [0.1, 0.15) is 53.5 Å². The second kappa shape index (κ2) is 7.24. The molecule has 0 unspecified atom stereocenters. The Bertz CT molecular complexity index is 1000. The summed E-state index contributed by atoms with van der Waals surface area (Å²) in [6.07, 6.45) is 0. The number of nitrogens with zero attached hydrogens (tertiary/aromatic N) is 2. The molecule has 0 saturated carbocycles. The Kier molecular flexibility index (Phi) is 4.77. The first-order valence-electron chi connectivity index (χ1n) is 9.53. The van der Waals surface area contributed by atoms with E-state index < -0.39 is 0 Å². The monoisotopic (exact) mass is 375 g/mol. The van der Waals surface area contributed by atoms with Crippen LogP contribution in [0.4, 0.5) is 5.82 Å². The molecule has 2 heterocycles. The number of aromatic nitrogens is 2. The predicted octanol–water partition coefficient (Wildman–Crippen LogP) is 4.51. The van der Waals surface area contributed by atoms with E-state index in [1.54, 1.807) is 0 Å². The van der Waals surface area contributed by atoms with Gasteiger partial charge >= 0.3 is 0 Å². The van der Waals surface area contributed by atoms with Gasteiger partial charge in [0.1, 0.15) is 5.82 Å². The molecule has 1 N–H and O–H groups in total. The normalized spacial score (nSPS) is 13.4. The Morgan fingerprint density at radius 1 is 1.07 bits per heavy atom. The smallest absolute Gasteiger partial charge is 0.256 e. The van der Waals surface area contributed by atoms with Crippen molar-refractivity contribution in [2.45, 2.75) is 45.9 Å². The van der Waals surface area contributed by atoms with Crippen LogP contribution < -0.4 is 5.32 Å². The third-order valence-electron chi connectivity index (χ3n) is 4.95. The summed E-state index contributed by atoms with van der Waals surface area (Å²) in [6.45, 7) is 8.15. The fourth-order valence-corrected chi connectivity index (χ4v) is 3.26. The van der Waals surface area contributed by atoms with Gasteiger partial charge in [0.05, 0.1) is 25.5 Å². The first-order chi connectivity index (χ1) is 13.4. The predicted molar refractivity (Wildman–Crippen MR) is 109 cm³/mol. The van der Waals surface area contributed by atoms with Gasteiger partial charge < -0.3 is 10.1 Å². The lowest BCUT2D eigenvalue weighted by molar-refractivity contribution is 0.102. The lowest BCUT2D eigenvalue weighted by atomic mass is 9.92. The van der Waals surface area contributed by atoms with E-state index in [4.69, 9.17) is 9.84 Å². The van der Waals surface area contributed by atoms with E-state index in [9.17, 15) is 4.79 Å². The highest BCUT2D eigenvalue weighted by Gasteiger charge is 2.22. The average Bonchev–Trinajstić information content (AvgIpc) is 3.29. The summed E-state index contributed by atoms with van der Waals surface area (Å²) in [6, 6.07) is 17.8. The highest BCUT2D eigenvalue weighted by Crippen LogP contribution is 2.26. The van der Waals surface area contributed by atoms with Gasteiger partial charge in [-0.2, -0.15) is 5.10 Å². The maximum absolute atomic E-state index is 12.9. The Hall–Kier alpha value is -2.92. The van der Waals surface area contributed by atoms with Crippen LogP contribution in [0.25, 0.3) is 0 Å². The molecule has 4 rings (SSSR count). The molecule has 0 aliphatic carbocycles. The van der Waals surface area contributed by atoms with Crippen LogP contribution in [0.2, 0.25) is 0 Å². The molecule has 1 aromatic heterocycles. The van der Waals surface area contributed by atoms with Crippen molar-refractivity contribution in [2.24, 2.45) is 0 Å². The number of ether oxygens (including phenoxy) is 1. The number of hydrogen-bond acceptors (Lipinski definition) is 3. The molecule has 0 saturated heterocycles. The van der Waals surface area contributed by atoms with Crippen LogP contribution in [-0.4, -0.2) is 15.7 Å². The van der Waals surface area contributed by atoms with Crippen LogP contribution in [0.5, 0.6) is 0 Å². The molecular weight excluding hydrogens is 350 g/mol. The van der Waals surface area contributed by atoms with E-state index in [-0.39, 0.29) is 11.3 Å². The van der Waals surface area contributed by atoms with Gasteiger partial charge in [-0.05, 0) is 28.8 Å². The number of amides is 1. The molecule has 0 radical (unpaired) electrons. The molecule has 28 heavy (non-hydrogen) atoms. The standard InChI is InChI=1S/C23H25N3O2/c1-23(2,3)20-12-21(26(25-20)13-16-7-5-4-6-8-16)24-22(27)17-9-10-18-14-28-15-19(18)11-17/h4-12H,13-15H2,1-3H3,(H,24,27). The largest absolute Gasteiger partial charge is 0.372 e. The molecule has 1 amide bonds. The van der Waals surface area contributed by atoms with Gasteiger partial charge in [-0.1, -0.05) is 57.2 Å². The fraction of sp³-hybridized carbons (Fsp3) is 0.304. The highest BCUT2D eigenvalue weighted by molar-refractivity contribution is 6.04. The summed E-state index contributed by atoms with van der Waals surface area (Å²) in [5.41, 5.74) is 4.85. The summed E-state index contributed by atoms with van der Waals surface area (Å²) >= 11 is 0. The Balaban J connectivity index is 1.62. The van der Waals surface area contributed by atoms with Gasteiger partial charge in [0.15, 0.2) is 0 Å². The molecular formula is C23H25N3O2. The van der Waals surface area contributed by atoms with E-state index in [0.717, 1.165) is 22.4 Å². The third kappa shape index (κ3) is 3.85. The van der Waals surface area contributed by atoms with E-state index in [1.165, 1.54) is 0 Å². The maximum Gasteiger partial charge on any atom is 0.256 e. The van der Waals surface area contributed by atoms with Crippen molar-refractivity contribution in [1.29, 1.82) is 0 Å². The minimum absolute atomic E-state index is 0.105. The van der Waals surface area contributed by atoms with E-state index >= 15 is 0 Å². The molecule has 144 valence electrons. The molecule has 5 nitrogen and oxygen atoms in total.